The van der Waals surface area contributed by atoms with Gasteiger partial charge in [-0.3, -0.25) is 9.59 Å². The molecule has 1 aliphatic heterocycles. The first-order chi connectivity index (χ1) is 6.79. The van der Waals surface area contributed by atoms with Gasteiger partial charge in [0.25, 0.3) is 0 Å². The maximum atomic E-state index is 10.9. The lowest BCUT2D eigenvalue weighted by molar-refractivity contribution is -0.119. The van der Waals surface area contributed by atoms with E-state index in [4.69, 9.17) is 0 Å². The smallest absolute Gasteiger partial charge is 0.220 e. The first-order valence-electron chi connectivity index (χ1n) is 4.54. The van der Waals surface area contributed by atoms with Gasteiger partial charge in [-0.25, -0.2) is 4.98 Å². The normalized spacial score (nSPS) is 20.9. The zero-order chi connectivity index (χ0) is 9.97. The Kier molecular flexibility index (Phi) is 2.30. The van der Waals surface area contributed by atoms with Gasteiger partial charge in [0.05, 0.1) is 12.5 Å². The molecule has 1 fully saturated rings. The molecular formula is C9H11N3O2. The molecule has 14 heavy (non-hydrogen) atoms. The van der Waals surface area contributed by atoms with Gasteiger partial charge in [-0.2, -0.15) is 0 Å². The fourth-order valence-corrected chi connectivity index (χ4v) is 1.63. The van der Waals surface area contributed by atoms with Crippen LogP contribution in [0.1, 0.15) is 23.3 Å². The van der Waals surface area contributed by atoms with Crippen molar-refractivity contribution in [1.29, 1.82) is 0 Å². The van der Waals surface area contributed by atoms with E-state index in [9.17, 15) is 9.59 Å². The molecule has 0 spiro atoms. The Morgan fingerprint density at radius 3 is 3.21 bits per heavy atom. The van der Waals surface area contributed by atoms with Crippen molar-refractivity contribution in [2.45, 2.75) is 25.4 Å². The van der Waals surface area contributed by atoms with Crippen LogP contribution in [-0.4, -0.2) is 27.8 Å². The lowest BCUT2D eigenvalue weighted by atomic mass is 10.2. The van der Waals surface area contributed by atoms with Gasteiger partial charge in [-0.05, 0) is 6.42 Å². The molecule has 2 heterocycles. The van der Waals surface area contributed by atoms with E-state index in [-0.39, 0.29) is 11.9 Å². The molecule has 1 aromatic rings. The van der Waals surface area contributed by atoms with Crippen LogP contribution in [0.4, 0.5) is 0 Å². The van der Waals surface area contributed by atoms with Crippen LogP contribution in [-0.2, 0) is 11.3 Å². The quantitative estimate of drug-likeness (QED) is 0.686. The van der Waals surface area contributed by atoms with Crippen molar-refractivity contribution in [2.24, 2.45) is 0 Å². The van der Waals surface area contributed by atoms with Gasteiger partial charge in [0.1, 0.15) is 5.69 Å². The minimum atomic E-state index is 0.0859. The molecule has 1 saturated heterocycles. The monoisotopic (exact) mass is 193 g/mol. The van der Waals surface area contributed by atoms with Crippen molar-refractivity contribution in [2.75, 3.05) is 0 Å². The van der Waals surface area contributed by atoms with Crippen LogP contribution in [0.15, 0.2) is 12.5 Å². The summed E-state index contributed by atoms with van der Waals surface area (Å²) in [6, 6.07) is 0.135. The molecule has 74 valence electrons. The van der Waals surface area contributed by atoms with E-state index >= 15 is 0 Å². The lowest BCUT2D eigenvalue weighted by Crippen LogP contribution is -2.29. The molecule has 1 unspecified atom stereocenters. The molecule has 2 rings (SSSR count). The highest BCUT2D eigenvalue weighted by Crippen LogP contribution is 2.09. The first-order valence-corrected chi connectivity index (χ1v) is 4.54. The van der Waals surface area contributed by atoms with Gasteiger partial charge < -0.3 is 9.88 Å². The van der Waals surface area contributed by atoms with Crippen molar-refractivity contribution >= 4 is 12.2 Å². The maximum absolute atomic E-state index is 10.9. The summed E-state index contributed by atoms with van der Waals surface area (Å²) in [5.41, 5.74) is 0.547. The Hall–Kier alpha value is -1.65. The molecule has 0 radical (unpaired) electrons. The topological polar surface area (TPSA) is 64.0 Å². The number of nitrogens with one attached hydrogen (secondary N) is 1. The summed E-state index contributed by atoms with van der Waals surface area (Å²) in [6.45, 7) is 0.625. The molecule has 0 aliphatic carbocycles. The number of hydrogen-bond donors (Lipinski definition) is 1. The largest absolute Gasteiger partial charge is 0.352 e. The summed E-state index contributed by atoms with van der Waals surface area (Å²) in [5, 5.41) is 2.84. The lowest BCUT2D eigenvalue weighted by Gasteiger charge is -2.11. The maximum Gasteiger partial charge on any atom is 0.220 e. The highest BCUT2D eigenvalue weighted by molar-refractivity contribution is 5.78. The molecule has 1 aromatic heterocycles. The summed E-state index contributed by atoms with van der Waals surface area (Å²) in [7, 11) is 0. The summed E-state index contributed by atoms with van der Waals surface area (Å²) >= 11 is 0. The van der Waals surface area contributed by atoms with Crippen LogP contribution in [0.3, 0.4) is 0 Å². The van der Waals surface area contributed by atoms with Crippen LogP contribution < -0.4 is 5.32 Å². The number of carbonyl (C=O) groups is 2. The minimum Gasteiger partial charge on any atom is -0.352 e. The average Bonchev–Trinajstić information content (AvgIpc) is 2.76. The van der Waals surface area contributed by atoms with Gasteiger partial charge in [-0.1, -0.05) is 0 Å². The highest BCUT2D eigenvalue weighted by Gasteiger charge is 2.21. The SMILES string of the molecule is O=Cc1cncn1CC1CCC(=O)N1. The highest BCUT2D eigenvalue weighted by atomic mass is 16.2. The minimum absolute atomic E-state index is 0.0859. The van der Waals surface area contributed by atoms with Gasteiger partial charge in [0.15, 0.2) is 6.29 Å². The zero-order valence-corrected chi connectivity index (χ0v) is 7.64. The third-order valence-corrected chi connectivity index (χ3v) is 2.37. The van der Waals surface area contributed by atoms with E-state index < -0.39 is 0 Å². The van der Waals surface area contributed by atoms with E-state index in [1.54, 1.807) is 10.9 Å². The number of aromatic nitrogens is 2. The Morgan fingerprint density at radius 1 is 1.71 bits per heavy atom. The predicted octanol–water partition coefficient (Wildman–Crippen LogP) is -0.0258. The molecule has 1 amide bonds. The fraction of sp³-hybridized carbons (Fsp3) is 0.444. The van der Waals surface area contributed by atoms with E-state index in [0.29, 0.717) is 18.7 Å². The van der Waals surface area contributed by atoms with Crippen LogP contribution in [0.25, 0.3) is 0 Å². The van der Waals surface area contributed by atoms with Crippen LogP contribution in [0.5, 0.6) is 0 Å². The first kappa shape index (κ1) is 8.93. The molecule has 1 aliphatic rings. The summed E-state index contributed by atoms with van der Waals surface area (Å²) < 4.78 is 1.75. The number of nitrogens with zero attached hydrogens (tertiary/aromatic N) is 2. The summed E-state index contributed by atoms with van der Waals surface area (Å²) in [5.74, 6) is 0.0859. The molecule has 1 N–H and O–H groups in total. The number of imidazole rings is 1. The number of rotatable bonds is 3. The molecule has 0 saturated carbocycles. The number of hydrogen-bond acceptors (Lipinski definition) is 3. The second kappa shape index (κ2) is 3.61. The van der Waals surface area contributed by atoms with Crippen molar-refractivity contribution < 1.29 is 9.59 Å². The Balaban J connectivity index is 2.03. The summed E-state index contributed by atoms with van der Waals surface area (Å²) in [6.07, 6.45) is 5.30. The molecule has 1 atom stereocenters. The van der Waals surface area contributed by atoms with Crippen LogP contribution in [0, 0.1) is 0 Å². The van der Waals surface area contributed by atoms with E-state index in [1.165, 1.54) is 6.20 Å². The van der Waals surface area contributed by atoms with Crippen molar-refractivity contribution in [3.63, 3.8) is 0 Å². The third-order valence-electron chi connectivity index (χ3n) is 2.37. The third kappa shape index (κ3) is 1.66. The van der Waals surface area contributed by atoms with Crippen LogP contribution in [0.2, 0.25) is 0 Å². The van der Waals surface area contributed by atoms with E-state index in [1.807, 2.05) is 0 Å². The molecule has 0 bridgehead atoms. The molecule has 5 heteroatoms. The van der Waals surface area contributed by atoms with Crippen molar-refractivity contribution in [3.8, 4) is 0 Å². The number of amides is 1. The zero-order valence-electron chi connectivity index (χ0n) is 7.64. The number of aldehydes is 1. The standard InChI is InChI=1S/C9H11N3O2/c13-5-8-3-10-6-12(8)4-7-1-2-9(14)11-7/h3,5-7H,1-2,4H2,(H,11,14). The van der Waals surface area contributed by atoms with Gasteiger partial charge in [-0.15, -0.1) is 0 Å². The van der Waals surface area contributed by atoms with Crippen molar-refractivity contribution in [1.82, 2.24) is 14.9 Å². The predicted molar refractivity (Wildman–Crippen MR) is 48.8 cm³/mol. The van der Waals surface area contributed by atoms with Crippen LogP contribution >= 0.6 is 0 Å². The van der Waals surface area contributed by atoms with Gasteiger partial charge in [0.2, 0.25) is 5.91 Å². The Labute approximate surface area is 81.1 Å². The van der Waals surface area contributed by atoms with Gasteiger partial charge in [0, 0.05) is 19.0 Å². The van der Waals surface area contributed by atoms with E-state index in [0.717, 1.165) is 12.7 Å². The second-order valence-corrected chi connectivity index (χ2v) is 3.39. The average molecular weight is 193 g/mol. The molecular weight excluding hydrogens is 182 g/mol. The Bertz CT molecular complexity index is 359. The summed E-state index contributed by atoms with van der Waals surface area (Å²) in [4.78, 5) is 25.4. The molecule has 0 aromatic carbocycles. The van der Waals surface area contributed by atoms with Crippen molar-refractivity contribution in [3.05, 3.63) is 18.2 Å². The number of carbonyl (C=O) groups excluding carboxylic acids is 2. The molecule has 5 nitrogen and oxygen atoms in total. The second-order valence-electron chi connectivity index (χ2n) is 3.39. The fourth-order valence-electron chi connectivity index (χ4n) is 1.63. The van der Waals surface area contributed by atoms with E-state index in [2.05, 4.69) is 10.3 Å². The van der Waals surface area contributed by atoms with Gasteiger partial charge >= 0.3 is 0 Å². The Morgan fingerprint density at radius 2 is 2.57 bits per heavy atom.